The number of carboxylic acid groups (broad SMARTS) is 1. The molecule has 160 valence electrons. The molecule has 1 aromatic carbocycles. The average molecular weight is 434 g/mol. The number of nitrogens with one attached hydrogen (secondary N) is 2. The van der Waals surface area contributed by atoms with Gasteiger partial charge < -0.3 is 21.1 Å². The second kappa shape index (κ2) is 7.21. The molecule has 9 heteroatoms. The van der Waals surface area contributed by atoms with Crippen molar-refractivity contribution in [3.05, 3.63) is 41.0 Å². The maximum Gasteiger partial charge on any atom is 0.337 e. The SMILES string of the molecule is Cc1nc2ccc(F)c(-c3cc(C(=O)O)c(C4(N)CC4)[nH]3)c2nc1NC(C)(C)C.Cl. The van der Waals surface area contributed by atoms with Crippen molar-refractivity contribution in [2.75, 3.05) is 5.32 Å². The van der Waals surface area contributed by atoms with E-state index in [1.165, 1.54) is 12.1 Å². The van der Waals surface area contributed by atoms with Crippen molar-refractivity contribution >= 4 is 35.2 Å². The van der Waals surface area contributed by atoms with Crippen LogP contribution >= 0.6 is 12.4 Å². The molecule has 1 saturated carbocycles. The van der Waals surface area contributed by atoms with Gasteiger partial charge in [-0.25, -0.2) is 19.2 Å². The number of carbonyl (C=O) groups is 1. The highest BCUT2D eigenvalue weighted by Crippen LogP contribution is 2.45. The Kier molecular flexibility index (Phi) is 5.28. The molecule has 0 spiro atoms. The number of aromatic amines is 1. The number of H-pyrrole nitrogens is 1. The number of aryl methyl sites for hydroxylation is 1. The average Bonchev–Trinajstić information content (AvgIpc) is 3.18. The van der Waals surface area contributed by atoms with Crippen molar-refractivity contribution in [2.45, 2.75) is 51.6 Å². The van der Waals surface area contributed by atoms with Crippen LogP contribution in [0, 0.1) is 12.7 Å². The summed E-state index contributed by atoms with van der Waals surface area (Å²) >= 11 is 0. The lowest BCUT2D eigenvalue weighted by molar-refractivity contribution is 0.0695. The van der Waals surface area contributed by atoms with E-state index in [-0.39, 0.29) is 29.1 Å². The minimum absolute atomic E-state index is 0. The number of aromatic nitrogens is 3. The van der Waals surface area contributed by atoms with Gasteiger partial charge in [-0.1, -0.05) is 0 Å². The third-order valence-corrected chi connectivity index (χ3v) is 5.06. The number of rotatable bonds is 4. The van der Waals surface area contributed by atoms with Crippen LogP contribution in [0.4, 0.5) is 10.2 Å². The van der Waals surface area contributed by atoms with Crippen molar-refractivity contribution in [2.24, 2.45) is 5.73 Å². The fourth-order valence-corrected chi connectivity index (χ4v) is 3.45. The van der Waals surface area contributed by atoms with E-state index in [4.69, 9.17) is 5.73 Å². The maximum atomic E-state index is 14.9. The van der Waals surface area contributed by atoms with Crippen LogP contribution in [0.3, 0.4) is 0 Å². The number of anilines is 1. The fraction of sp³-hybridized carbons (Fsp3) is 0.381. The molecule has 3 aromatic rings. The molecular weight excluding hydrogens is 409 g/mol. The Labute approximate surface area is 179 Å². The molecular formula is C21H25ClFN5O2. The molecule has 0 saturated heterocycles. The normalized spacial score (nSPS) is 15.0. The van der Waals surface area contributed by atoms with E-state index in [0.717, 1.165) is 0 Å². The van der Waals surface area contributed by atoms with E-state index in [9.17, 15) is 14.3 Å². The number of nitrogens with zero attached hydrogens (tertiary/aromatic N) is 2. The Balaban J connectivity index is 0.00000256. The minimum Gasteiger partial charge on any atom is -0.478 e. The summed E-state index contributed by atoms with van der Waals surface area (Å²) in [6.07, 6.45) is 1.37. The Morgan fingerprint density at radius 3 is 2.53 bits per heavy atom. The zero-order valence-electron chi connectivity index (χ0n) is 17.3. The van der Waals surface area contributed by atoms with Crippen LogP contribution in [0.25, 0.3) is 22.3 Å². The monoisotopic (exact) mass is 433 g/mol. The lowest BCUT2D eigenvalue weighted by atomic mass is 10.1. The summed E-state index contributed by atoms with van der Waals surface area (Å²) in [6.45, 7) is 7.83. The lowest BCUT2D eigenvalue weighted by Crippen LogP contribution is -2.27. The summed E-state index contributed by atoms with van der Waals surface area (Å²) in [5.74, 6) is -1.06. The van der Waals surface area contributed by atoms with Gasteiger partial charge in [0.05, 0.1) is 39.3 Å². The third kappa shape index (κ3) is 3.85. The third-order valence-electron chi connectivity index (χ3n) is 5.06. The molecule has 1 fully saturated rings. The van der Waals surface area contributed by atoms with Crippen LogP contribution in [-0.2, 0) is 5.54 Å². The first-order chi connectivity index (χ1) is 13.5. The summed E-state index contributed by atoms with van der Waals surface area (Å²) < 4.78 is 14.9. The van der Waals surface area contributed by atoms with E-state index in [2.05, 4.69) is 20.3 Å². The van der Waals surface area contributed by atoms with Crippen molar-refractivity contribution in [1.82, 2.24) is 15.0 Å². The first kappa shape index (κ1) is 22.0. The van der Waals surface area contributed by atoms with Crippen LogP contribution in [0.1, 0.15) is 55.4 Å². The Bertz CT molecular complexity index is 1150. The van der Waals surface area contributed by atoms with E-state index < -0.39 is 17.3 Å². The molecule has 1 aliphatic carbocycles. The Morgan fingerprint density at radius 1 is 1.30 bits per heavy atom. The molecule has 2 heterocycles. The lowest BCUT2D eigenvalue weighted by Gasteiger charge is -2.22. The quantitative estimate of drug-likeness (QED) is 0.486. The number of carboxylic acids is 1. The standard InChI is InChI=1S/C21H24FN5O2.ClH/c1-10-18(27-20(2,3)4)26-16-13(24-10)6-5-12(22)15(16)14-9-11(19(28)29)17(25-14)21(23)7-8-21;/h5-6,9,25H,7-8,23H2,1-4H3,(H,26,27)(H,28,29);1H. The fourth-order valence-electron chi connectivity index (χ4n) is 3.45. The predicted octanol–water partition coefficient (Wildman–Crippen LogP) is 4.35. The van der Waals surface area contributed by atoms with Gasteiger partial charge in [0.2, 0.25) is 0 Å². The number of halogens is 2. The topological polar surface area (TPSA) is 117 Å². The van der Waals surface area contributed by atoms with Crippen LogP contribution in [0.2, 0.25) is 0 Å². The van der Waals surface area contributed by atoms with Crippen molar-refractivity contribution in [3.8, 4) is 11.3 Å². The molecule has 0 aliphatic heterocycles. The number of hydrogen-bond donors (Lipinski definition) is 4. The number of aromatic carboxylic acids is 1. The van der Waals surface area contributed by atoms with Gasteiger partial charge in [-0.05, 0) is 58.7 Å². The van der Waals surface area contributed by atoms with Gasteiger partial charge >= 0.3 is 5.97 Å². The van der Waals surface area contributed by atoms with E-state index in [1.54, 1.807) is 6.07 Å². The first-order valence-corrected chi connectivity index (χ1v) is 9.49. The maximum absolute atomic E-state index is 14.9. The zero-order chi connectivity index (χ0) is 21.1. The van der Waals surface area contributed by atoms with Gasteiger partial charge in [-0.3, -0.25) is 0 Å². The minimum atomic E-state index is -1.10. The van der Waals surface area contributed by atoms with Gasteiger partial charge in [0, 0.05) is 5.54 Å². The summed E-state index contributed by atoms with van der Waals surface area (Å²) in [4.78, 5) is 24.0. The predicted molar refractivity (Wildman–Crippen MR) is 117 cm³/mol. The molecule has 0 amide bonds. The highest BCUT2D eigenvalue weighted by molar-refractivity contribution is 5.96. The summed E-state index contributed by atoms with van der Waals surface area (Å²) in [6, 6.07) is 4.32. The number of hydrogen-bond acceptors (Lipinski definition) is 5. The van der Waals surface area contributed by atoms with Gasteiger partial charge in [-0.2, -0.15) is 0 Å². The second-order valence-corrected chi connectivity index (χ2v) is 8.76. The molecule has 1 aliphatic rings. The molecule has 4 rings (SSSR count). The smallest absolute Gasteiger partial charge is 0.337 e. The van der Waals surface area contributed by atoms with Gasteiger partial charge in [0.15, 0.2) is 0 Å². The van der Waals surface area contributed by atoms with E-state index in [1.807, 2.05) is 27.7 Å². The molecule has 30 heavy (non-hydrogen) atoms. The van der Waals surface area contributed by atoms with Crippen molar-refractivity contribution in [3.63, 3.8) is 0 Å². The molecule has 7 nitrogen and oxygen atoms in total. The van der Waals surface area contributed by atoms with Crippen molar-refractivity contribution in [1.29, 1.82) is 0 Å². The van der Waals surface area contributed by atoms with Crippen molar-refractivity contribution < 1.29 is 14.3 Å². The van der Waals surface area contributed by atoms with Gasteiger partial charge in [-0.15, -0.1) is 12.4 Å². The number of fused-ring (bicyclic) bond motifs is 1. The van der Waals surface area contributed by atoms with Crippen LogP contribution in [0.15, 0.2) is 18.2 Å². The summed E-state index contributed by atoms with van der Waals surface area (Å²) in [5, 5.41) is 12.9. The number of nitrogens with two attached hydrogens (primary N) is 1. The first-order valence-electron chi connectivity index (χ1n) is 9.49. The van der Waals surface area contributed by atoms with Crippen LogP contribution < -0.4 is 11.1 Å². The van der Waals surface area contributed by atoms with Gasteiger partial charge in [0.1, 0.15) is 17.2 Å². The highest BCUT2D eigenvalue weighted by atomic mass is 35.5. The van der Waals surface area contributed by atoms with Gasteiger partial charge in [0.25, 0.3) is 0 Å². The molecule has 2 aromatic heterocycles. The second-order valence-electron chi connectivity index (χ2n) is 8.76. The molecule has 0 radical (unpaired) electrons. The van der Waals surface area contributed by atoms with Crippen LogP contribution in [-0.4, -0.2) is 31.6 Å². The zero-order valence-corrected chi connectivity index (χ0v) is 18.1. The highest BCUT2D eigenvalue weighted by Gasteiger charge is 2.44. The van der Waals surface area contributed by atoms with Crippen LogP contribution in [0.5, 0.6) is 0 Å². The summed E-state index contributed by atoms with van der Waals surface area (Å²) in [7, 11) is 0. The molecule has 0 unspecified atom stereocenters. The van der Waals surface area contributed by atoms with E-state index >= 15 is 0 Å². The number of benzene rings is 1. The Hall–Kier alpha value is -2.71. The van der Waals surface area contributed by atoms with E-state index in [0.29, 0.717) is 46.8 Å². The molecule has 0 bridgehead atoms. The molecule has 5 N–H and O–H groups in total. The summed E-state index contributed by atoms with van der Waals surface area (Å²) in [5.41, 5.74) is 7.86. The molecule has 0 atom stereocenters. The largest absolute Gasteiger partial charge is 0.478 e. The Morgan fingerprint density at radius 2 is 1.97 bits per heavy atom.